The minimum Gasteiger partial charge on any atom is -0.326 e. The third-order valence-corrected chi connectivity index (χ3v) is 3.55. The average Bonchev–Trinajstić information content (AvgIpc) is 3.12. The molecule has 1 aliphatic carbocycles. The summed E-state index contributed by atoms with van der Waals surface area (Å²) in [6.07, 6.45) is 2.71. The van der Waals surface area contributed by atoms with Crippen molar-refractivity contribution in [2.24, 2.45) is 5.92 Å². The molecule has 1 fully saturated rings. The number of anilines is 1. The van der Waals surface area contributed by atoms with E-state index in [-0.39, 0.29) is 5.91 Å². The molecule has 3 nitrogen and oxygen atoms in total. The lowest BCUT2D eigenvalue weighted by atomic mass is 10.1. The topological polar surface area (TPSA) is 41.1 Å². The van der Waals surface area contributed by atoms with Crippen LogP contribution in [0, 0.1) is 5.92 Å². The smallest absolute Gasteiger partial charge is 0.221 e. The normalized spacial score (nSPS) is 18.2. The van der Waals surface area contributed by atoms with Crippen molar-refractivity contribution in [1.82, 2.24) is 5.32 Å². The number of amides is 1. The summed E-state index contributed by atoms with van der Waals surface area (Å²) in [5, 5.41) is 6.45. The highest BCUT2D eigenvalue weighted by Crippen LogP contribution is 2.33. The lowest BCUT2D eigenvalue weighted by molar-refractivity contribution is -0.114. The monoisotopic (exact) mass is 246 g/mol. The summed E-state index contributed by atoms with van der Waals surface area (Å²) in [6, 6.07) is 8.93. The second kappa shape index (κ2) is 5.53. The Bertz CT molecular complexity index is 426. The fourth-order valence-electron chi connectivity index (χ4n) is 2.31. The zero-order valence-electron chi connectivity index (χ0n) is 11.4. The predicted molar refractivity (Wildman–Crippen MR) is 74.5 cm³/mol. The number of hydrogen-bond donors (Lipinski definition) is 2. The molecule has 18 heavy (non-hydrogen) atoms. The van der Waals surface area contributed by atoms with Crippen LogP contribution in [0.25, 0.3) is 0 Å². The highest BCUT2D eigenvalue weighted by Gasteiger charge is 2.28. The molecule has 0 spiro atoms. The maximum Gasteiger partial charge on any atom is 0.221 e. The number of carbonyl (C=O) groups excluding carboxylic acids is 1. The van der Waals surface area contributed by atoms with E-state index in [9.17, 15) is 4.79 Å². The third-order valence-electron chi connectivity index (χ3n) is 3.55. The quantitative estimate of drug-likeness (QED) is 0.838. The summed E-state index contributed by atoms with van der Waals surface area (Å²) in [5.41, 5.74) is 2.08. The van der Waals surface area contributed by atoms with Gasteiger partial charge in [-0.15, -0.1) is 0 Å². The molecule has 2 N–H and O–H groups in total. The van der Waals surface area contributed by atoms with E-state index in [1.165, 1.54) is 25.3 Å². The Morgan fingerprint density at radius 2 is 2.06 bits per heavy atom. The maximum absolute atomic E-state index is 11.0. The highest BCUT2D eigenvalue weighted by atomic mass is 16.1. The predicted octanol–water partition coefficient (Wildman–Crippen LogP) is 3.09. The molecule has 98 valence electrons. The van der Waals surface area contributed by atoms with Crippen molar-refractivity contribution in [3.05, 3.63) is 29.8 Å². The molecule has 1 aromatic carbocycles. The minimum atomic E-state index is -0.0286. The molecule has 3 heteroatoms. The van der Waals surface area contributed by atoms with Crippen molar-refractivity contribution in [3.8, 4) is 0 Å². The van der Waals surface area contributed by atoms with E-state index in [4.69, 9.17) is 0 Å². The number of nitrogens with one attached hydrogen (secondary N) is 2. The van der Waals surface area contributed by atoms with E-state index in [0.717, 1.165) is 11.6 Å². The van der Waals surface area contributed by atoms with Gasteiger partial charge in [-0.3, -0.25) is 4.79 Å². The highest BCUT2D eigenvalue weighted by molar-refractivity contribution is 5.88. The molecule has 1 saturated carbocycles. The molecule has 0 bridgehead atoms. The molecule has 2 unspecified atom stereocenters. The Kier molecular flexibility index (Phi) is 4.02. The third kappa shape index (κ3) is 3.57. The van der Waals surface area contributed by atoms with Crippen LogP contribution < -0.4 is 10.6 Å². The van der Waals surface area contributed by atoms with Crippen LogP contribution in [0.2, 0.25) is 0 Å². The fourth-order valence-corrected chi connectivity index (χ4v) is 2.31. The van der Waals surface area contributed by atoms with Crippen LogP contribution in [0.5, 0.6) is 0 Å². The standard InChI is InChI=1S/C15H22N2O/c1-10(13-7-8-13)16-11(2)14-5-4-6-15(9-14)17-12(3)18/h4-6,9-11,13,16H,7-8H2,1-3H3,(H,17,18). The van der Waals surface area contributed by atoms with Gasteiger partial charge in [0.2, 0.25) is 5.91 Å². The Morgan fingerprint density at radius 3 is 2.67 bits per heavy atom. The van der Waals surface area contributed by atoms with Gasteiger partial charge in [0.25, 0.3) is 0 Å². The Labute approximate surface area is 109 Å². The number of hydrogen-bond acceptors (Lipinski definition) is 2. The second-order valence-electron chi connectivity index (χ2n) is 5.32. The van der Waals surface area contributed by atoms with E-state index in [1.54, 1.807) is 0 Å². The molecule has 0 aliphatic heterocycles. The van der Waals surface area contributed by atoms with Gasteiger partial charge >= 0.3 is 0 Å². The van der Waals surface area contributed by atoms with Crippen molar-refractivity contribution in [1.29, 1.82) is 0 Å². The Morgan fingerprint density at radius 1 is 1.33 bits per heavy atom. The van der Waals surface area contributed by atoms with Gasteiger partial charge in [0.05, 0.1) is 0 Å². The first kappa shape index (κ1) is 13.1. The van der Waals surface area contributed by atoms with Crippen molar-refractivity contribution in [2.45, 2.75) is 45.7 Å². The molecular formula is C15H22N2O. The summed E-state index contributed by atoms with van der Waals surface area (Å²) in [7, 11) is 0. The van der Waals surface area contributed by atoms with E-state index < -0.39 is 0 Å². The molecule has 2 rings (SSSR count). The SMILES string of the molecule is CC(=O)Nc1cccc(C(C)NC(C)C2CC2)c1. The fraction of sp³-hybridized carbons (Fsp3) is 0.533. The molecule has 0 heterocycles. The first-order valence-corrected chi connectivity index (χ1v) is 6.70. The van der Waals surface area contributed by atoms with Gasteiger partial charge < -0.3 is 10.6 Å². The molecule has 0 radical (unpaired) electrons. The number of benzene rings is 1. The maximum atomic E-state index is 11.0. The minimum absolute atomic E-state index is 0.0286. The summed E-state index contributed by atoms with van der Waals surface area (Å²) < 4.78 is 0. The zero-order valence-corrected chi connectivity index (χ0v) is 11.4. The van der Waals surface area contributed by atoms with Gasteiger partial charge in [-0.05, 0) is 50.3 Å². The molecule has 1 aliphatic rings. The van der Waals surface area contributed by atoms with Crippen molar-refractivity contribution in [3.63, 3.8) is 0 Å². The van der Waals surface area contributed by atoms with Crippen LogP contribution in [0.4, 0.5) is 5.69 Å². The molecule has 1 aromatic rings. The zero-order chi connectivity index (χ0) is 13.1. The summed E-state index contributed by atoms with van der Waals surface area (Å²) >= 11 is 0. The summed E-state index contributed by atoms with van der Waals surface area (Å²) in [4.78, 5) is 11.0. The van der Waals surface area contributed by atoms with Gasteiger partial charge in [-0.1, -0.05) is 12.1 Å². The second-order valence-corrected chi connectivity index (χ2v) is 5.32. The van der Waals surface area contributed by atoms with E-state index >= 15 is 0 Å². The molecule has 1 amide bonds. The number of carbonyl (C=O) groups is 1. The molecular weight excluding hydrogens is 224 g/mol. The van der Waals surface area contributed by atoms with Crippen LogP contribution in [0.15, 0.2) is 24.3 Å². The average molecular weight is 246 g/mol. The molecule has 0 aromatic heterocycles. The summed E-state index contributed by atoms with van der Waals surface area (Å²) in [5.74, 6) is 0.824. The molecule has 2 atom stereocenters. The lowest BCUT2D eigenvalue weighted by Crippen LogP contribution is -2.30. The van der Waals surface area contributed by atoms with Crippen LogP contribution >= 0.6 is 0 Å². The van der Waals surface area contributed by atoms with E-state index in [1.807, 2.05) is 18.2 Å². The van der Waals surface area contributed by atoms with Crippen molar-refractivity contribution >= 4 is 11.6 Å². The van der Waals surface area contributed by atoms with Crippen LogP contribution in [0.1, 0.15) is 45.2 Å². The van der Waals surface area contributed by atoms with Gasteiger partial charge in [0.1, 0.15) is 0 Å². The van der Waals surface area contributed by atoms with Crippen LogP contribution in [-0.4, -0.2) is 11.9 Å². The van der Waals surface area contributed by atoms with Gasteiger partial charge in [-0.25, -0.2) is 0 Å². The van der Waals surface area contributed by atoms with Crippen LogP contribution in [0.3, 0.4) is 0 Å². The van der Waals surface area contributed by atoms with Crippen LogP contribution in [-0.2, 0) is 4.79 Å². The van der Waals surface area contributed by atoms with Crippen molar-refractivity contribution in [2.75, 3.05) is 5.32 Å². The Balaban J connectivity index is 1.99. The van der Waals surface area contributed by atoms with Gasteiger partial charge in [0, 0.05) is 24.7 Å². The first-order chi connectivity index (χ1) is 8.56. The lowest BCUT2D eigenvalue weighted by Gasteiger charge is -2.20. The van der Waals surface area contributed by atoms with Gasteiger partial charge in [-0.2, -0.15) is 0 Å². The number of rotatable bonds is 5. The molecule has 0 saturated heterocycles. The first-order valence-electron chi connectivity index (χ1n) is 6.70. The Hall–Kier alpha value is -1.35. The van der Waals surface area contributed by atoms with Crippen molar-refractivity contribution < 1.29 is 4.79 Å². The largest absolute Gasteiger partial charge is 0.326 e. The summed E-state index contributed by atoms with van der Waals surface area (Å²) in [6.45, 7) is 5.96. The van der Waals surface area contributed by atoms with E-state index in [0.29, 0.717) is 12.1 Å². The van der Waals surface area contributed by atoms with Gasteiger partial charge in [0.15, 0.2) is 0 Å². The van der Waals surface area contributed by atoms with E-state index in [2.05, 4.69) is 30.5 Å².